The van der Waals surface area contributed by atoms with Crippen molar-refractivity contribution in [1.82, 2.24) is 14.9 Å². The molecular formula is C19H24N4O2. The molecule has 1 unspecified atom stereocenters. The number of H-pyrrole nitrogens is 1. The van der Waals surface area contributed by atoms with E-state index in [1.54, 1.807) is 4.90 Å². The molecular weight excluding hydrogens is 316 g/mol. The van der Waals surface area contributed by atoms with Gasteiger partial charge in [0.1, 0.15) is 5.56 Å². The van der Waals surface area contributed by atoms with E-state index >= 15 is 0 Å². The van der Waals surface area contributed by atoms with Crippen molar-refractivity contribution in [2.45, 2.75) is 38.6 Å². The molecule has 6 heteroatoms. The van der Waals surface area contributed by atoms with Gasteiger partial charge in [-0.25, -0.2) is 4.98 Å². The highest BCUT2D eigenvalue weighted by atomic mass is 16.2. The van der Waals surface area contributed by atoms with Crippen molar-refractivity contribution in [2.75, 3.05) is 18.4 Å². The van der Waals surface area contributed by atoms with Crippen molar-refractivity contribution in [1.29, 1.82) is 0 Å². The molecule has 1 aliphatic heterocycles. The van der Waals surface area contributed by atoms with Crippen molar-refractivity contribution >= 4 is 11.6 Å². The smallest absolute Gasteiger partial charge is 0.263 e. The molecule has 1 amide bonds. The summed E-state index contributed by atoms with van der Waals surface area (Å²) in [5.41, 5.74) is 2.08. The van der Waals surface area contributed by atoms with E-state index in [0.29, 0.717) is 19.0 Å². The minimum atomic E-state index is -0.389. The fourth-order valence-electron chi connectivity index (χ4n) is 3.15. The molecule has 2 heterocycles. The SMILES string of the molecule is CC(C)c1ccc(NC2CCCN(C(=O)c3cnc[nH]c3=O)C2)cc1. The van der Waals surface area contributed by atoms with Gasteiger partial charge in [-0.1, -0.05) is 26.0 Å². The van der Waals surface area contributed by atoms with E-state index in [9.17, 15) is 9.59 Å². The van der Waals surface area contributed by atoms with Gasteiger partial charge in [0, 0.05) is 31.0 Å². The third-order valence-corrected chi connectivity index (χ3v) is 4.61. The van der Waals surface area contributed by atoms with Crippen LogP contribution in [0.15, 0.2) is 41.6 Å². The van der Waals surface area contributed by atoms with Crippen molar-refractivity contribution < 1.29 is 4.79 Å². The first-order valence-corrected chi connectivity index (χ1v) is 8.73. The molecule has 1 atom stereocenters. The van der Waals surface area contributed by atoms with Gasteiger partial charge in [-0.3, -0.25) is 9.59 Å². The molecule has 0 aliphatic carbocycles. The Morgan fingerprint density at radius 1 is 1.32 bits per heavy atom. The molecule has 1 saturated heterocycles. The lowest BCUT2D eigenvalue weighted by atomic mass is 10.0. The minimum absolute atomic E-state index is 0.101. The summed E-state index contributed by atoms with van der Waals surface area (Å²) >= 11 is 0. The van der Waals surface area contributed by atoms with E-state index in [0.717, 1.165) is 18.5 Å². The molecule has 1 aromatic heterocycles. The molecule has 0 spiro atoms. The summed E-state index contributed by atoms with van der Waals surface area (Å²) in [6.07, 6.45) is 4.54. The maximum atomic E-state index is 12.6. The van der Waals surface area contributed by atoms with Crippen LogP contribution in [0.4, 0.5) is 5.69 Å². The molecule has 0 saturated carbocycles. The average molecular weight is 340 g/mol. The number of carbonyl (C=O) groups is 1. The number of amides is 1. The molecule has 0 radical (unpaired) electrons. The van der Waals surface area contributed by atoms with Crippen LogP contribution in [-0.2, 0) is 0 Å². The number of hydrogen-bond donors (Lipinski definition) is 2. The molecule has 25 heavy (non-hydrogen) atoms. The molecule has 6 nitrogen and oxygen atoms in total. The number of aromatic nitrogens is 2. The Morgan fingerprint density at radius 2 is 2.08 bits per heavy atom. The number of benzene rings is 1. The Hall–Kier alpha value is -2.63. The Morgan fingerprint density at radius 3 is 2.76 bits per heavy atom. The number of piperidine rings is 1. The van der Waals surface area contributed by atoms with Crippen LogP contribution in [0.25, 0.3) is 0 Å². The number of likely N-dealkylation sites (tertiary alicyclic amines) is 1. The zero-order valence-corrected chi connectivity index (χ0v) is 14.7. The summed E-state index contributed by atoms with van der Waals surface area (Å²) in [4.78, 5) is 32.4. The second-order valence-corrected chi connectivity index (χ2v) is 6.81. The molecule has 1 aromatic carbocycles. The zero-order valence-electron chi connectivity index (χ0n) is 14.7. The predicted octanol–water partition coefficient (Wildman–Crippen LogP) is 2.61. The highest BCUT2D eigenvalue weighted by Gasteiger charge is 2.26. The van der Waals surface area contributed by atoms with E-state index in [1.165, 1.54) is 18.1 Å². The number of nitrogens with one attached hydrogen (secondary N) is 2. The maximum absolute atomic E-state index is 12.6. The predicted molar refractivity (Wildman–Crippen MR) is 97.9 cm³/mol. The molecule has 1 aliphatic rings. The molecule has 132 valence electrons. The van der Waals surface area contributed by atoms with E-state index in [1.807, 2.05) is 0 Å². The number of nitrogens with zero attached hydrogens (tertiary/aromatic N) is 2. The Balaban J connectivity index is 1.66. The first-order valence-electron chi connectivity index (χ1n) is 8.73. The van der Waals surface area contributed by atoms with Crippen molar-refractivity contribution in [2.24, 2.45) is 0 Å². The maximum Gasteiger partial charge on any atom is 0.263 e. The van der Waals surface area contributed by atoms with Crippen LogP contribution < -0.4 is 10.9 Å². The Bertz CT molecular complexity index is 783. The standard InChI is InChI=1S/C19H24N4O2/c1-13(2)14-5-7-15(8-6-14)22-16-4-3-9-23(11-16)19(25)17-10-20-12-21-18(17)24/h5-8,10,12-13,16,22H,3-4,9,11H2,1-2H3,(H,20,21,24). The normalized spacial score (nSPS) is 17.6. The average Bonchev–Trinajstić information content (AvgIpc) is 2.62. The lowest BCUT2D eigenvalue weighted by Crippen LogP contribution is -2.46. The van der Waals surface area contributed by atoms with Gasteiger partial charge < -0.3 is 15.2 Å². The zero-order chi connectivity index (χ0) is 17.8. The quantitative estimate of drug-likeness (QED) is 0.897. The molecule has 0 bridgehead atoms. The van der Waals surface area contributed by atoms with Gasteiger partial charge in [0.15, 0.2) is 0 Å². The second-order valence-electron chi connectivity index (χ2n) is 6.81. The highest BCUT2D eigenvalue weighted by Crippen LogP contribution is 2.20. The summed E-state index contributed by atoms with van der Waals surface area (Å²) in [6.45, 7) is 5.59. The summed E-state index contributed by atoms with van der Waals surface area (Å²) in [5.74, 6) is 0.255. The van der Waals surface area contributed by atoms with Gasteiger partial charge in [0.25, 0.3) is 11.5 Å². The Labute approximate surface area is 147 Å². The van der Waals surface area contributed by atoms with Crippen molar-refractivity contribution in [3.05, 3.63) is 58.3 Å². The lowest BCUT2D eigenvalue weighted by Gasteiger charge is -2.33. The molecule has 2 aromatic rings. The van der Waals surface area contributed by atoms with Gasteiger partial charge in [0.2, 0.25) is 0 Å². The van der Waals surface area contributed by atoms with Crippen molar-refractivity contribution in [3.8, 4) is 0 Å². The van der Waals surface area contributed by atoms with Gasteiger partial charge >= 0.3 is 0 Å². The van der Waals surface area contributed by atoms with Crippen LogP contribution in [0.1, 0.15) is 48.5 Å². The minimum Gasteiger partial charge on any atom is -0.381 e. The largest absolute Gasteiger partial charge is 0.381 e. The fourth-order valence-corrected chi connectivity index (χ4v) is 3.15. The van der Waals surface area contributed by atoms with E-state index in [4.69, 9.17) is 0 Å². The number of hydrogen-bond acceptors (Lipinski definition) is 4. The first kappa shape index (κ1) is 17.2. The van der Waals surface area contributed by atoms with Crippen LogP contribution in [0.5, 0.6) is 0 Å². The number of rotatable bonds is 4. The summed E-state index contributed by atoms with van der Waals surface area (Å²) in [5, 5.41) is 3.50. The summed E-state index contributed by atoms with van der Waals surface area (Å²) in [7, 11) is 0. The number of carbonyl (C=O) groups excluding carboxylic acids is 1. The van der Waals surface area contributed by atoms with Crippen LogP contribution in [0.2, 0.25) is 0 Å². The molecule has 2 N–H and O–H groups in total. The summed E-state index contributed by atoms with van der Waals surface area (Å²) in [6, 6.07) is 8.62. The van der Waals surface area contributed by atoms with Crippen LogP contribution >= 0.6 is 0 Å². The van der Waals surface area contributed by atoms with Gasteiger partial charge in [-0.2, -0.15) is 0 Å². The first-order chi connectivity index (χ1) is 12.0. The highest BCUT2D eigenvalue weighted by molar-refractivity contribution is 5.93. The number of anilines is 1. The van der Waals surface area contributed by atoms with Crippen LogP contribution in [-0.4, -0.2) is 39.9 Å². The van der Waals surface area contributed by atoms with Gasteiger partial charge in [-0.15, -0.1) is 0 Å². The monoisotopic (exact) mass is 340 g/mol. The van der Waals surface area contributed by atoms with E-state index < -0.39 is 0 Å². The summed E-state index contributed by atoms with van der Waals surface area (Å²) < 4.78 is 0. The second kappa shape index (κ2) is 7.51. The topological polar surface area (TPSA) is 78.1 Å². The number of aromatic amines is 1. The van der Waals surface area contributed by atoms with Crippen LogP contribution in [0, 0.1) is 0 Å². The molecule has 3 rings (SSSR count). The lowest BCUT2D eigenvalue weighted by molar-refractivity contribution is 0.0712. The fraction of sp³-hybridized carbons (Fsp3) is 0.421. The third-order valence-electron chi connectivity index (χ3n) is 4.61. The van der Waals surface area contributed by atoms with Crippen LogP contribution in [0.3, 0.4) is 0 Å². The Kier molecular flexibility index (Phi) is 5.16. The third kappa shape index (κ3) is 4.07. The van der Waals surface area contributed by atoms with Gasteiger partial charge in [0.05, 0.1) is 6.33 Å². The molecule has 1 fully saturated rings. The van der Waals surface area contributed by atoms with Gasteiger partial charge in [-0.05, 0) is 36.5 Å². The van der Waals surface area contributed by atoms with E-state index in [-0.39, 0.29) is 23.1 Å². The van der Waals surface area contributed by atoms with E-state index in [2.05, 4.69) is 53.4 Å². The van der Waals surface area contributed by atoms with Crippen molar-refractivity contribution in [3.63, 3.8) is 0 Å².